The maximum atomic E-state index is 7.34. The van der Waals surface area contributed by atoms with E-state index in [1.165, 1.54) is 15.8 Å². The number of hydrogen-bond donors (Lipinski definition) is 1. The monoisotopic (exact) mass is 661 g/mol. The number of fused-ring (bicyclic) bond motifs is 3. The van der Waals surface area contributed by atoms with Crippen LogP contribution in [0.2, 0.25) is 5.04 Å². The highest BCUT2D eigenvalue weighted by Crippen LogP contribution is 2.46. The third-order valence-electron chi connectivity index (χ3n) is 10.0. The van der Waals surface area contributed by atoms with E-state index in [-0.39, 0.29) is 23.4 Å². The first-order valence-corrected chi connectivity index (χ1v) is 18.6. The van der Waals surface area contributed by atoms with Gasteiger partial charge in [-0.3, -0.25) is 0 Å². The average molecular weight is 662 g/mol. The number of hydrogen-bond acceptors (Lipinski definition) is 8. The van der Waals surface area contributed by atoms with E-state index in [4.69, 9.17) is 28.6 Å². The summed E-state index contributed by atoms with van der Waals surface area (Å²) >= 11 is 0. The highest BCUT2D eigenvalue weighted by Gasteiger charge is 2.59. The molecule has 0 amide bonds. The lowest BCUT2D eigenvalue weighted by atomic mass is 10.1. The van der Waals surface area contributed by atoms with Crippen LogP contribution in [0.25, 0.3) is 22.3 Å². The molecule has 0 unspecified atom stereocenters. The van der Waals surface area contributed by atoms with Gasteiger partial charge in [0.2, 0.25) is 0 Å². The minimum absolute atomic E-state index is 0.160. The summed E-state index contributed by atoms with van der Waals surface area (Å²) in [6.07, 6.45) is 0.196. The lowest BCUT2D eigenvalue weighted by Gasteiger charge is -2.43. The van der Waals surface area contributed by atoms with Crippen LogP contribution in [-0.4, -0.2) is 66.5 Å². The van der Waals surface area contributed by atoms with Gasteiger partial charge in [-0.05, 0) is 41.4 Å². The van der Waals surface area contributed by atoms with E-state index >= 15 is 0 Å². The van der Waals surface area contributed by atoms with Gasteiger partial charge in [0.05, 0.1) is 19.0 Å². The van der Waals surface area contributed by atoms with Crippen LogP contribution in [0.15, 0.2) is 97.3 Å². The molecule has 0 spiro atoms. The number of nitrogens with zero attached hydrogens (tertiary/aromatic N) is 4. The number of benzene rings is 3. The summed E-state index contributed by atoms with van der Waals surface area (Å²) in [6.45, 7) is 11.7. The van der Waals surface area contributed by atoms with Crippen LogP contribution in [0.4, 0.5) is 11.5 Å². The molecule has 248 valence electrons. The zero-order valence-electron chi connectivity index (χ0n) is 28.4. The molecule has 0 aliphatic carbocycles. The van der Waals surface area contributed by atoms with Crippen molar-refractivity contribution in [1.29, 1.82) is 0 Å². The molecule has 3 aromatic carbocycles. The molecule has 48 heavy (non-hydrogen) atoms. The smallest absolute Gasteiger partial charge is 0.261 e. The van der Waals surface area contributed by atoms with Crippen molar-refractivity contribution in [2.75, 3.05) is 23.5 Å². The minimum atomic E-state index is -2.80. The fourth-order valence-electron chi connectivity index (χ4n) is 7.93. The fraction of sp³-hybridized carbons (Fsp3) is 0.368. The molecule has 2 aromatic heterocycles. The van der Waals surface area contributed by atoms with Gasteiger partial charge < -0.3 is 33.4 Å². The van der Waals surface area contributed by atoms with Crippen LogP contribution >= 0.6 is 0 Å². The molecule has 3 aliphatic rings. The van der Waals surface area contributed by atoms with Crippen molar-refractivity contribution in [3.05, 3.63) is 97.3 Å². The minimum Gasteiger partial charge on any atom is -0.405 e. The summed E-state index contributed by atoms with van der Waals surface area (Å²) in [7, 11) is -0.722. The molecule has 10 heteroatoms. The Hall–Kier alpha value is -4.06. The summed E-state index contributed by atoms with van der Waals surface area (Å²) < 4.78 is 29.6. The zero-order valence-corrected chi connectivity index (χ0v) is 29.4. The van der Waals surface area contributed by atoms with Gasteiger partial charge in [0, 0.05) is 18.0 Å². The zero-order chi connectivity index (χ0) is 33.3. The van der Waals surface area contributed by atoms with Crippen LogP contribution in [0.1, 0.15) is 34.6 Å². The van der Waals surface area contributed by atoms with Crippen molar-refractivity contribution >= 4 is 41.1 Å². The van der Waals surface area contributed by atoms with Gasteiger partial charge in [0.25, 0.3) is 8.32 Å². The van der Waals surface area contributed by atoms with Crippen molar-refractivity contribution in [3.8, 4) is 11.4 Å². The van der Waals surface area contributed by atoms with Gasteiger partial charge >= 0.3 is 0 Å². The van der Waals surface area contributed by atoms with Crippen molar-refractivity contribution in [2.24, 2.45) is 7.05 Å². The highest BCUT2D eigenvalue weighted by atomic mass is 28.4. The first-order chi connectivity index (χ1) is 23.1. The van der Waals surface area contributed by atoms with Crippen LogP contribution in [0.5, 0.6) is 0 Å². The summed E-state index contributed by atoms with van der Waals surface area (Å²) in [5.74, 6) is 0.0269. The van der Waals surface area contributed by atoms with Gasteiger partial charge in [-0.25, -0.2) is 9.97 Å². The van der Waals surface area contributed by atoms with Crippen LogP contribution in [0.3, 0.4) is 0 Å². The van der Waals surface area contributed by atoms with Crippen LogP contribution < -0.4 is 20.6 Å². The molecule has 5 heterocycles. The highest BCUT2D eigenvalue weighted by molar-refractivity contribution is 6.99. The van der Waals surface area contributed by atoms with Gasteiger partial charge in [-0.15, -0.1) is 0 Å². The number of nitrogens with one attached hydrogen (secondary N) is 1. The van der Waals surface area contributed by atoms with Crippen molar-refractivity contribution < 1.29 is 18.6 Å². The molecular formula is C38H43N5O4Si. The van der Waals surface area contributed by atoms with E-state index in [0.29, 0.717) is 13.3 Å². The molecular weight excluding hydrogens is 619 g/mol. The molecule has 9 nitrogen and oxygen atoms in total. The van der Waals surface area contributed by atoms with Crippen LogP contribution in [0, 0.1) is 0 Å². The number of anilines is 2. The Morgan fingerprint density at radius 2 is 1.54 bits per heavy atom. The van der Waals surface area contributed by atoms with Gasteiger partial charge in [-0.2, -0.15) is 0 Å². The topological polar surface area (TPSA) is 82.9 Å². The van der Waals surface area contributed by atoms with Gasteiger partial charge in [0.1, 0.15) is 36.0 Å². The first-order valence-electron chi connectivity index (χ1n) is 16.7. The normalized spacial score (nSPS) is 23.3. The van der Waals surface area contributed by atoms with E-state index in [0.717, 1.165) is 28.4 Å². The Morgan fingerprint density at radius 1 is 0.896 bits per heavy atom. The third kappa shape index (κ3) is 4.97. The third-order valence-corrected chi connectivity index (χ3v) is 15.0. The predicted molar refractivity (Wildman–Crippen MR) is 191 cm³/mol. The molecule has 0 saturated carbocycles. The Balaban J connectivity index is 1.13. The maximum Gasteiger partial charge on any atom is 0.261 e. The number of rotatable bonds is 7. The second-order valence-electron chi connectivity index (χ2n) is 14.5. The van der Waals surface area contributed by atoms with Crippen LogP contribution in [-0.2, 0) is 25.7 Å². The van der Waals surface area contributed by atoms with Gasteiger partial charge in [-0.1, -0.05) is 99.6 Å². The molecule has 2 fully saturated rings. The molecule has 5 aromatic rings. The predicted octanol–water partition coefficient (Wildman–Crippen LogP) is 5.65. The Morgan fingerprint density at radius 3 is 2.21 bits per heavy atom. The lowest BCUT2D eigenvalue weighted by molar-refractivity contribution is -0.189. The number of aromatic nitrogens is 3. The number of aryl methyl sites for hydroxylation is 1. The Kier molecular flexibility index (Phi) is 7.50. The number of ether oxygens (including phenoxy) is 3. The molecule has 1 N–H and O–H groups in total. The second-order valence-corrected chi connectivity index (χ2v) is 18.8. The molecule has 8 rings (SSSR count). The maximum absolute atomic E-state index is 7.34. The van der Waals surface area contributed by atoms with Crippen molar-refractivity contribution in [3.63, 3.8) is 0 Å². The molecule has 0 bridgehead atoms. The largest absolute Gasteiger partial charge is 0.405 e. The Labute approximate surface area is 283 Å². The van der Waals surface area contributed by atoms with Gasteiger partial charge in [0.15, 0.2) is 17.8 Å². The van der Waals surface area contributed by atoms with Crippen molar-refractivity contribution in [2.45, 2.75) is 70.0 Å². The number of para-hydroxylation sites is 1. The average Bonchev–Trinajstić information content (AvgIpc) is 3.82. The second kappa shape index (κ2) is 11.5. The quantitative estimate of drug-likeness (QED) is 0.224. The molecule has 2 saturated heterocycles. The van der Waals surface area contributed by atoms with E-state index in [2.05, 4.69) is 134 Å². The molecule has 4 atom stereocenters. The fourth-order valence-corrected chi connectivity index (χ4v) is 12.5. The van der Waals surface area contributed by atoms with Crippen molar-refractivity contribution in [1.82, 2.24) is 14.5 Å². The SMILES string of the molecule is Cn1c(-c2ncnc3c2NCN3[C@@H]2O[C@H](CO[Si](c3ccccc3)(c3ccccc3)C(C)(C)C)[C@H]3OC(C)(C)O[C@H]32)cc2ccccc21. The lowest BCUT2D eigenvalue weighted by Crippen LogP contribution is -2.67. The van der Waals surface area contributed by atoms with E-state index in [1.54, 1.807) is 6.33 Å². The Bertz CT molecular complexity index is 1900. The van der Waals surface area contributed by atoms with E-state index in [1.807, 2.05) is 13.8 Å². The summed E-state index contributed by atoms with van der Waals surface area (Å²) in [6, 6.07) is 32.0. The molecule has 0 radical (unpaired) electrons. The summed E-state index contributed by atoms with van der Waals surface area (Å²) in [4.78, 5) is 11.7. The standard InChI is InChI=1S/C38H43N5O4Si/c1-37(2,3)48(26-16-9-7-10-17-26,27-18-11-8-12-19-27)44-22-30-33-34(47-38(4,5)46-33)36(45-30)43-24-41-32-31(39-23-40-35(32)43)29-21-25-15-13-14-20-28(25)42(29)6/h7-21,23,30,33-34,36,41H,22,24H2,1-6H3/t30-,33-,34-,36-/m1/s1. The van der Waals surface area contributed by atoms with E-state index < -0.39 is 20.3 Å². The first kappa shape index (κ1) is 31.2. The summed E-state index contributed by atoms with van der Waals surface area (Å²) in [5.41, 5.74) is 3.91. The summed E-state index contributed by atoms with van der Waals surface area (Å²) in [5, 5.41) is 7.06. The van der Waals surface area contributed by atoms with E-state index in [9.17, 15) is 0 Å². The molecule has 3 aliphatic heterocycles.